The molecular formula is C24H21F3N4O5. The van der Waals surface area contributed by atoms with Crippen molar-refractivity contribution in [2.75, 3.05) is 13.7 Å². The summed E-state index contributed by atoms with van der Waals surface area (Å²) in [5, 5.41) is 14.5. The van der Waals surface area contributed by atoms with Crippen molar-refractivity contribution in [2.24, 2.45) is 7.05 Å². The number of ether oxygens (including phenoxy) is 2. The smallest absolute Gasteiger partial charge is 0.490 e. The summed E-state index contributed by atoms with van der Waals surface area (Å²) in [6.45, 7) is 0.484. The highest BCUT2D eigenvalue weighted by molar-refractivity contribution is 5.83. The van der Waals surface area contributed by atoms with E-state index in [2.05, 4.69) is 10.2 Å². The molecule has 0 spiro atoms. The first-order chi connectivity index (χ1) is 17.1. The summed E-state index contributed by atoms with van der Waals surface area (Å²) >= 11 is 0. The minimum Gasteiger partial charge on any atom is -0.497 e. The maximum Gasteiger partial charge on any atom is 0.490 e. The van der Waals surface area contributed by atoms with Gasteiger partial charge in [0.15, 0.2) is 0 Å². The number of methoxy groups -OCH3 is 1. The first-order valence-corrected chi connectivity index (χ1v) is 10.7. The van der Waals surface area contributed by atoms with Gasteiger partial charge in [-0.1, -0.05) is 6.07 Å². The number of carboxylic acids is 1. The summed E-state index contributed by atoms with van der Waals surface area (Å²) in [6.07, 6.45) is -0.803. The Labute approximate surface area is 202 Å². The predicted molar refractivity (Wildman–Crippen MR) is 123 cm³/mol. The van der Waals surface area contributed by atoms with Gasteiger partial charge >= 0.3 is 12.1 Å². The Bertz CT molecular complexity index is 1470. The molecular weight excluding hydrogens is 481 g/mol. The quantitative estimate of drug-likeness (QED) is 0.439. The molecule has 2 aromatic carbocycles. The molecule has 0 aliphatic carbocycles. The van der Waals surface area contributed by atoms with Crippen molar-refractivity contribution in [3.8, 4) is 22.6 Å². The molecule has 1 aliphatic heterocycles. The molecule has 4 aromatic rings. The van der Waals surface area contributed by atoms with Gasteiger partial charge in [-0.05, 0) is 47.9 Å². The zero-order chi connectivity index (χ0) is 26.0. The van der Waals surface area contributed by atoms with Crippen LogP contribution in [0.1, 0.15) is 17.3 Å². The third kappa shape index (κ3) is 5.02. The van der Waals surface area contributed by atoms with E-state index in [9.17, 15) is 18.0 Å². The van der Waals surface area contributed by atoms with Crippen LogP contribution in [0.25, 0.3) is 22.0 Å². The minimum absolute atomic E-state index is 0.00902. The van der Waals surface area contributed by atoms with Crippen LogP contribution in [-0.2, 0) is 18.3 Å². The van der Waals surface area contributed by atoms with Crippen LogP contribution in [0.15, 0.2) is 53.6 Å². The van der Waals surface area contributed by atoms with Crippen LogP contribution in [0.3, 0.4) is 0 Å². The molecule has 3 heterocycles. The molecule has 0 saturated carbocycles. The van der Waals surface area contributed by atoms with Crippen molar-refractivity contribution in [1.29, 1.82) is 0 Å². The Hall–Kier alpha value is -4.35. The molecule has 1 atom stereocenters. The second-order valence-corrected chi connectivity index (χ2v) is 8.04. The molecule has 0 fully saturated rings. The molecule has 2 aromatic heterocycles. The monoisotopic (exact) mass is 502 g/mol. The van der Waals surface area contributed by atoms with Gasteiger partial charge in [-0.25, -0.2) is 9.78 Å². The number of hydrogen-bond acceptors (Lipinski definition) is 6. The number of H-pyrrole nitrogens is 1. The Balaban J connectivity index is 0.000000384. The van der Waals surface area contributed by atoms with Crippen LogP contribution in [0.5, 0.6) is 11.5 Å². The molecule has 0 amide bonds. The van der Waals surface area contributed by atoms with Crippen molar-refractivity contribution in [2.45, 2.75) is 18.5 Å². The summed E-state index contributed by atoms with van der Waals surface area (Å²) in [6, 6.07) is 11.5. The predicted octanol–water partition coefficient (Wildman–Crippen LogP) is 3.68. The van der Waals surface area contributed by atoms with E-state index in [1.54, 1.807) is 31.1 Å². The number of aromatic amines is 1. The van der Waals surface area contributed by atoms with Gasteiger partial charge in [0.05, 0.1) is 36.7 Å². The number of alkyl halides is 3. The third-order valence-corrected chi connectivity index (χ3v) is 5.72. The van der Waals surface area contributed by atoms with Crippen molar-refractivity contribution in [1.82, 2.24) is 19.7 Å². The summed E-state index contributed by atoms with van der Waals surface area (Å²) in [5.74, 6) is -0.387. The average molecular weight is 502 g/mol. The number of aromatic nitrogens is 4. The van der Waals surface area contributed by atoms with Gasteiger partial charge < -0.3 is 14.6 Å². The standard InChI is InChI=1S/C22H20N4O3.C2HF3O2/c1-26-21(15-7-14-8-17(28-2)4-6-20(14)29-12-15)25-19-5-3-13(9-18(19)22(26)27)16-10-23-24-11-16;3-2(4,5)1(6)7/h3-6,8-11,15H,7,12H2,1-2H3,(H,23,24);(H,6,7). The zero-order valence-electron chi connectivity index (χ0n) is 19.2. The Kier molecular flexibility index (Phi) is 6.69. The van der Waals surface area contributed by atoms with E-state index in [1.165, 1.54) is 0 Å². The number of carboxylic acid groups (broad SMARTS) is 1. The largest absolute Gasteiger partial charge is 0.497 e. The third-order valence-electron chi connectivity index (χ3n) is 5.72. The summed E-state index contributed by atoms with van der Waals surface area (Å²) in [7, 11) is 3.42. The summed E-state index contributed by atoms with van der Waals surface area (Å²) in [4.78, 5) is 26.8. The number of aliphatic carboxylic acids is 1. The minimum atomic E-state index is -5.08. The van der Waals surface area contributed by atoms with Gasteiger partial charge in [0, 0.05) is 18.8 Å². The molecule has 9 nitrogen and oxygen atoms in total. The molecule has 12 heteroatoms. The van der Waals surface area contributed by atoms with Gasteiger partial charge in [-0.15, -0.1) is 0 Å². The Morgan fingerprint density at radius 3 is 2.61 bits per heavy atom. The molecule has 36 heavy (non-hydrogen) atoms. The molecule has 188 valence electrons. The van der Waals surface area contributed by atoms with Crippen LogP contribution < -0.4 is 15.0 Å². The van der Waals surface area contributed by atoms with Gasteiger partial charge in [-0.2, -0.15) is 18.3 Å². The van der Waals surface area contributed by atoms with E-state index in [0.717, 1.165) is 40.4 Å². The van der Waals surface area contributed by atoms with E-state index in [1.807, 2.05) is 36.4 Å². The van der Waals surface area contributed by atoms with Crippen LogP contribution in [0.2, 0.25) is 0 Å². The number of nitrogens with one attached hydrogen (secondary N) is 1. The molecule has 0 saturated heterocycles. The van der Waals surface area contributed by atoms with Gasteiger partial charge in [0.25, 0.3) is 5.56 Å². The molecule has 0 radical (unpaired) electrons. The number of carbonyl (C=O) groups is 1. The number of nitrogens with zero attached hydrogens (tertiary/aromatic N) is 3. The van der Waals surface area contributed by atoms with Crippen molar-refractivity contribution in [3.63, 3.8) is 0 Å². The van der Waals surface area contributed by atoms with Gasteiger partial charge in [-0.3, -0.25) is 14.5 Å². The second kappa shape index (κ2) is 9.72. The van der Waals surface area contributed by atoms with E-state index in [4.69, 9.17) is 24.4 Å². The van der Waals surface area contributed by atoms with Crippen LogP contribution in [0, 0.1) is 0 Å². The SMILES string of the molecule is COc1ccc2c(c1)CC(c1nc3ccc(-c4cn[nH]c4)cc3c(=O)n1C)CO2.O=C(O)C(F)(F)F. The molecule has 5 rings (SSSR count). The highest BCUT2D eigenvalue weighted by Gasteiger charge is 2.38. The summed E-state index contributed by atoms with van der Waals surface area (Å²) < 4.78 is 44.6. The van der Waals surface area contributed by atoms with E-state index in [0.29, 0.717) is 17.5 Å². The molecule has 1 aliphatic rings. The Morgan fingerprint density at radius 1 is 1.22 bits per heavy atom. The summed E-state index contributed by atoms with van der Waals surface area (Å²) in [5.41, 5.74) is 3.55. The lowest BCUT2D eigenvalue weighted by atomic mass is 9.95. The fourth-order valence-electron chi connectivity index (χ4n) is 3.91. The topological polar surface area (TPSA) is 119 Å². The van der Waals surface area contributed by atoms with Gasteiger partial charge in [0.1, 0.15) is 17.3 Å². The number of fused-ring (bicyclic) bond motifs is 2. The number of halogens is 3. The lowest BCUT2D eigenvalue weighted by Gasteiger charge is -2.26. The number of benzene rings is 2. The maximum absolute atomic E-state index is 13.1. The van der Waals surface area contributed by atoms with Crippen molar-refractivity contribution in [3.05, 3.63) is 70.5 Å². The second-order valence-electron chi connectivity index (χ2n) is 8.04. The molecule has 0 bridgehead atoms. The van der Waals surface area contributed by atoms with Crippen LogP contribution >= 0.6 is 0 Å². The van der Waals surface area contributed by atoms with E-state index < -0.39 is 12.1 Å². The normalized spacial score (nSPS) is 14.9. The van der Waals surface area contributed by atoms with Crippen molar-refractivity contribution < 1.29 is 32.5 Å². The van der Waals surface area contributed by atoms with E-state index in [-0.39, 0.29) is 11.5 Å². The lowest BCUT2D eigenvalue weighted by Crippen LogP contribution is -2.29. The van der Waals surface area contributed by atoms with E-state index >= 15 is 0 Å². The molecule has 1 unspecified atom stereocenters. The highest BCUT2D eigenvalue weighted by atomic mass is 19.4. The lowest BCUT2D eigenvalue weighted by molar-refractivity contribution is -0.192. The van der Waals surface area contributed by atoms with Crippen LogP contribution in [0.4, 0.5) is 13.2 Å². The maximum atomic E-state index is 13.1. The zero-order valence-corrected chi connectivity index (χ0v) is 19.2. The number of hydrogen-bond donors (Lipinski definition) is 2. The Morgan fingerprint density at radius 2 is 1.97 bits per heavy atom. The number of rotatable bonds is 3. The first kappa shape index (κ1) is 24.8. The fraction of sp³-hybridized carbons (Fsp3) is 0.250. The average Bonchev–Trinajstić information content (AvgIpc) is 3.40. The van der Waals surface area contributed by atoms with Crippen molar-refractivity contribution >= 4 is 16.9 Å². The first-order valence-electron chi connectivity index (χ1n) is 10.7. The molecule has 2 N–H and O–H groups in total. The fourth-order valence-corrected chi connectivity index (χ4v) is 3.91. The van der Waals surface area contributed by atoms with Gasteiger partial charge in [0.2, 0.25) is 0 Å². The van der Waals surface area contributed by atoms with Crippen LogP contribution in [-0.4, -0.2) is 50.7 Å². The highest BCUT2D eigenvalue weighted by Crippen LogP contribution is 2.34.